The van der Waals surface area contributed by atoms with Crippen molar-refractivity contribution in [3.05, 3.63) is 29.3 Å². The number of rotatable bonds is 2. The minimum atomic E-state index is 0.818. The lowest BCUT2D eigenvalue weighted by molar-refractivity contribution is 0.684. The topological polar surface area (TPSA) is 35.6 Å². The third-order valence-electron chi connectivity index (χ3n) is 1.80. The Balaban J connectivity index is 2.45. The Bertz CT molecular complexity index is 404. The van der Waals surface area contributed by atoms with E-state index in [-0.39, 0.29) is 0 Å². The van der Waals surface area contributed by atoms with Crippen LogP contribution in [-0.4, -0.2) is 19.3 Å². The van der Waals surface area contributed by atoms with Gasteiger partial charge in [0.15, 0.2) is 0 Å². The van der Waals surface area contributed by atoms with Gasteiger partial charge in [-0.05, 0) is 28.9 Å². The summed E-state index contributed by atoms with van der Waals surface area (Å²) >= 11 is 3.30. The van der Waals surface area contributed by atoms with Gasteiger partial charge in [0.1, 0.15) is 4.60 Å². The predicted molar refractivity (Wildman–Crippen MR) is 52.7 cm³/mol. The van der Waals surface area contributed by atoms with Crippen molar-refractivity contribution in [3.63, 3.8) is 0 Å². The lowest BCUT2D eigenvalue weighted by Crippen LogP contribution is -2.05. The van der Waals surface area contributed by atoms with Crippen LogP contribution in [0.15, 0.2) is 29.3 Å². The summed E-state index contributed by atoms with van der Waals surface area (Å²) in [5, 5.41) is 4.21. The zero-order valence-corrected chi connectivity index (χ0v) is 8.77. The summed E-state index contributed by atoms with van der Waals surface area (Å²) in [6.07, 6.45) is 5.58. The Kier molecular flexibility index (Phi) is 2.18. The van der Waals surface area contributed by atoms with Crippen molar-refractivity contribution in [2.75, 3.05) is 0 Å². The van der Waals surface area contributed by atoms with Gasteiger partial charge in [0.05, 0.1) is 0 Å². The van der Waals surface area contributed by atoms with Crippen molar-refractivity contribution < 1.29 is 0 Å². The highest BCUT2D eigenvalue weighted by molar-refractivity contribution is 9.10. The van der Waals surface area contributed by atoms with E-state index in [1.54, 1.807) is 10.9 Å². The van der Waals surface area contributed by atoms with Crippen LogP contribution in [0.1, 0.15) is 6.92 Å². The monoisotopic (exact) mass is 240 g/mol. The maximum atomic E-state index is 4.21. The third kappa shape index (κ3) is 1.51. The summed E-state index contributed by atoms with van der Waals surface area (Å²) < 4.78 is 4.59. The molecule has 0 saturated carbocycles. The van der Waals surface area contributed by atoms with E-state index < -0.39 is 0 Å². The van der Waals surface area contributed by atoms with E-state index in [9.17, 15) is 0 Å². The van der Waals surface area contributed by atoms with Gasteiger partial charge in [0.2, 0.25) is 5.95 Å². The summed E-state index contributed by atoms with van der Waals surface area (Å²) in [5.74, 6) is 0.841. The van der Waals surface area contributed by atoms with E-state index in [0.717, 1.165) is 17.1 Å². The highest BCUT2D eigenvalue weighted by Crippen LogP contribution is 2.09. The Morgan fingerprint density at radius 2 is 2.31 bits per heavy atom. The highest BCUT2D eigenvalue weighted by Gasteiger charge is 2.04. The molecule has 0 saturated heterocycles. The van der Waals surface area contributed by atoms with Crippen molar-refractivity contribution in [1.29, 1.82) is 0 Å². The van der Waals surface area contributed by atoms with Crippen molar-refractivity contribution in [1.82, 2.24) is 19.3 Å². The zero-order valence-electron chi connectivity index (χ0n) is 7.18. The lowest BCUT2D eigenvalue weighted by Gasteiger charge is -2.02. The Morgan fingerprint density at radius 3 is 2.92 bits per heavy atom. The molecule has 2 aromatic rings. The minimum Gasteiger partial charge on any atom is -0.316 e. The van der Waals surface area contributed by atoms with Gasteiger partial charge in [0, 0.05) is 25.1 Å². The van der Waals surface area contributed by atoms with Crippen LogP contribution in [0.25, 0.3) is 5.95 Å². The molecule has 13 heavy (non-hydrogen) atoms. The van der Waals surface area contributed by atoms with Crippen LogP contribution in [0, 0.1) is 0 Å². The second-order valence-electron chi connectivity index (χ2n) is 2.60. The first-order chi connectivity index (χ1) is 6.31. The molecule has 0 aliphatic heterocycles. The van der Waals surface area contributed by atoms with Gasteiger partial charge in [-0.25, -0.2) is 9.67 Å². The summed E-state index contributed by atoms with van der Waals surface area (Å²) in [5.41, 5.74) is 0. The average Bonchev–Trinajstić information content (AvgIpc) is 2.71. The molecule has 0 amide bonds. The quantitative estimate of drug-likeness (QED) is 0.804. The molecule has 0 spiro atoms. The number of hydrogen-bond acceptors (Lipinski definition) is 2. The van der Waals surface area contributed by atoms with Crippen molar-refractivity contribution in [3.8, 4) is 5.95 Å². The molecule has 0 fully saturated rings. The van der Waals surface area contributed by atoms with Crippen molar-refractivity contribution in [2.24, 2.45) is 0 Å². The fourth-order valence-corrected chi connectivity index (χ4v) is 1.46. The fraction of sp³-hybridized carbons (Fsp3) is 0.250. The van der Waals surface area contributed by atoms with Crippen LogP contribution >= 0.6 is 15.9 Å². The van der Waals surface area contributed by atoms with Crippen LogP contribution in [0.4, 0.5) is 0 Å². The van der Waals surface area contributed by atoms with Gasteiger partial charge >= 0.3 is 0 Å². The molecule has 0 bridgehead atoms. The van der Waals surface area contributed by atoms with E-state index in [1.807, 2.05) is 23.0 Å². The standard InChI is InChI=1S/C8H9BrN4/c1-2-12-6-4-10-8(12)13-5-3-7(9)11-13/h3-6H,2H2,1H3. The Labute approximate surface area is 84.3 Å². The average molecular weight is 241 g/mol. The molecule has 0 aliphatic carbocycles. The summed E-state index contributed by atoms with van der Waals surface area (Å²) in [7, 11) is 0. The molecule has 0 atom stereocenters. The number of aromatic nitrogens is 4. The first kappa shape index (κ1) is 8.50. The van der Waals surface area contributed by atoms with Gasteiger partial charge in [0.25, 0.3) is 0 Å². The molecular formula is C8H9BrN4. The summed E-state index contributed by atoms with van der Waals surface area (Å²) in [6.45, 7) is 2.97. The number of halogens is 1. The van der Waals surface area contributed by atoms with Gasteiger partial charge in [-0.15, -0.1) is 0 Å². The number of hydrogen-bond donors (Lipinski definition) is 0. The van der Waals surface area contributed by atoms with Crippen LogP contribution in [0.2, 0.25) is 0 Å². The number of imidazole rings is 1. The minimum absolute atomic E-state index is 0.818. The second-order valence-corrected chi connectivity index (χ2v) is 3.41. The second kappa shape index (κ2) is 3.33. The van der Waals surface area contributed by atoms with E-state index in [0.29, 0.717) is 0 Å². The maximum Gasteiger partial charge on any atom is 0.230 e. The first-order valence-electron chi connectivity index (χ1n) is 4.04. The molecule has 0 unspecified atom stereocenters. The maximum absolute atomic E-state index is 4.21. The van der Waals surface area contributed by atoms with E-state index >= 15 is 0 Å². The largest absolute Gasteiger partial charge is 0.316 e. The van der Waals surface area contributed by atoms with Crippen LogP contribution in [0.3, 0.4) is 0 Å². The molecule has 2 rings (SSSR count). The molecule has 4 nitrogen and oxygen atoms in total. The molecule has 2 aromatic heterocycles. The van der Waals surface area contributed by atoms with E-state index in [4.69, 9.17) is 0 Å². The molecule has 5 heteroatoms. The van der Waals surface area contributed by atoms with Crippen molar-refractivity contribution in [2.45, 2.75) is 13.5 Å². The molecule has 0 N–H and O–H groups in total. The molecule has 2 heterocycles. The Morgan fingerprint density at radius 1 is 1.46 bits per heavy atom. The van der Waals surface area contributed by atoms with E-state index in [1.165, 1.54) is 0 Å². The zero-order chi connectivity index (χ0) is 9.26. The van der Waals surface area contributed by atoms with Crippen molar-refractivity contribution >= 4 is 15.9 Å². The van der Waals surface area contributed by atoms with E-state index in [2.05, 4.69) is 32.9 Å². The highest BCUT2D eigenvalue weighted by atomic mass is 79.9. The smallest absolute Gasteiger partial charge is 0.230 e. The van der Waals surface area contributed by atoms with Gasteiger partial charge in [-0.2, -0.15) is 5.10 Å². The van der Waals surface area contributed by atoms with Crippen LogP contribution in [0.5, 0.6) is 0 Å². The van der Waals surface area contributed by atoms with Crippen LogP contribution in [-0.2, 0) is 6.54 Å². The molecule has 0 radical (unpaired) electrons. The number of nitrogens with zero attached hydrogens (tertiary/aromatic N) is 4. The predicted octanol–water partition coefficient (Wildman–Crippen LogP) is 1.85. The molecular weight excluding hydrogens is 232 g/mol. The third-order valence-corrected chi connectivity index (χ3v) is 2.22. The van der Waals surface area contributed by atoms with Gasteiger partial charge in [-0.3, -0.25) is 0 Å². The van der Waals surface area contributed by atoms with Crippen LogP contribution < -0.4 is 0 Å². The first-order valence-corrected chi connectivity index (χ1v) is 4.83. The normalized spacial score (nSPS) is 10.6. The molecule has 68 valence electrons. The van der Waals surface area contributed by atoms with Gasteiger partial charge in [-0.1, -0.05) is 0 Å². The SMILES string of the molecule is CCn1ccnc1-n1ccc(Br)n1. The number of aryl methyl sites for hydroxylation is 1. The Hall–Kier alpha value is -1.10. The molecule has 0 aliphatic rings. The summed E-state index contributed by atoms with van der Waals surface area (Å²) in [4.78, 5) is 4.21. The fourth-order valence-electron chi connectivity index (χ4n) is 1.17. The summed E-state index contributed by atoms with van der Waals surface area (Å²) in [6, 6.07) is 1.88. The van der Waals surface area contributed by atoms with Gasteiger partial charge < -0.3 is 4.57 Å². The molecule has 0 aromatic carbocycles. The lowest BCUT2D eigenvalue weighted by atomic mass is 10.7.